The molecule has 2 aromatic carbocycles. The number of imidazole rings is 1. The van der Waals surface area contributed by atoms with E-state index in [9.17, 15) is 8.78 Å². The van der Waals surface area contributed by atoms with Crippen molar-refractivity contribution in [3.8, 4) is 35.1 Å². The SMILES string of the molecule is C#Cc1ccc(C2=Cc3c(ncnc3N3CCC(c4nc(-c5ccc6c(c5)OC(F)(F)O6)c(C)[nH]4)CC3)C2)cc1. The van der Waals surface area contributed by atoms with Crippen molar-refractivity contribution < 1.29 is 18.3 Å². The number of aryl methyl sites for hydroxylation is 1. The van der Waals surface area contributed by atoms with E-state index in [2.05, 4.69) is 53.5 Å². The van der Waals surface area contributed by atoms with Gasteiger partial charge in [0.05, 0.1) is 11.4 Å². The average molecular weight is 538 g/mol. The number of terminal acetylenes is 1. The van der Waals surface area contributed by atoms with Gasteiger partial charge >= 0.3 is 6.29 Å². The summed E-state index contributed by atoms with van der Waals surface area (Å²) in [6, 6.07) is 12.8. The maximum Gasteiger partial charge on any atom is 0.586 e. The van der Waals surface area contributed by atoms with Crippen LogP contribution < -0.4 is 14.4 Å². The van der Waals surface area contributed by atoms with E-state index in [0.29, 0.717) is 5.56 Å². The lowest BCUT2D eigenvalue weighted by Crippen LogP contribution is -2.34. The molecule has 1 fully saturated rings. The molecule has 40 heavy (non-hydrogen) atoms. The van der Waals surface area contributed by atoms with Crippen LogP contribution in [-0.4, -0.2) is 39.3 Å². The predicted molar refractivity (Wildman–Crippen MR) is 147 cm³/mol. The Morgan fingerprint density at radius 1 is 1.02 bits per heavy atom. The first-order valence-corrected chi connectivity index (χ1v) is 13.2. The summed E-state index contributed by atoms with van der Waals surface area (Å²) in [5, 5.41) is 0. The van der Waals surface area contributed by atoms with E-state index >= 15 is 0 Å². The number of benzene rings is 2. The van der Waals surface area contributed by atoms with Gasteiger partial charge in [-0.3, -0.25) is 0 Å². The van der Waals surface area contributed by atoms with Crippen LogP contribution in [0.4, 0.5) is 14.6 Å². The van der Waals surface area contributed by atoms with Crippen LogP contribution in [-0.2, 0) is 6.42 Å². The van der Waals surface area contributed by atoms with E-state index < -0.39 is 6.29 Å². The summed E-state index contributed by atoms with van der Waals surface area (Å²) < 4.78 is 36.1. The summed E-state index contributed by atoms with van der Waals surface area (Å²) >= 11 is 0. The van der Waals surface area contributed by atoms with Crippen LogP contribution in [0.3, 0.4) is 0 Å². The number of anilines is 1. The summed E-state index contributed by atoms with van der Waals surface area (Å²) in [7, 11) is 0. The van der Waals surface area contributed by atoms with Crippen molar-refractivity contribution >= 4 is 17.5 Å². The van der Waals surface area contributed by atoms with Crippen molar-refractivity contribution in [1.82, 2.24) is 19.9 Å². The molecule has 2 aromatic heterocycles. The predicted octanol–water partition coefficient (Wildman–Crippen LogP) is 5.96. The van der Waals surface area contributed by atoms with E-state index in [4.69, 9.17) is 11.4 Å². The van der Waals surface area contributed by atoms with Gasteiger partial charge in [-0.15, -0.1) is 15.2 Å². The number of H-pyrrole nitrogens is 1. The number of nitrogens with zero attached hydrogens (tertiary/aromatic N) is 4. The first-order chi connectivity index (χ1) is 19.4. The number of alkyl halides is 2. The Kier molecular flexibility index (Phi) is 5.59. The Balaban J connectivity index is 1.07. The summed E-state index contributed by atoms with van der Waals surface area (Å²) in [6.45, 7) is 3.61. The fourth-order valence-corrected chi connectivity index (χ4v) is 5.75. The van der Waals surface area contributed by atoms with Crippen molar-refractivity contribution in [3.63, 3.8) is 0 Å². The van der Waals surface area contributed by atoms with Crippen LogP contribution in [0.5, 0.6) is 11.5 Å². The number of ether oxygens (including phenoxy) is 2. The molecule has 3 aliphatic rings. The minimum Gasteiger partial charge on any atom is -0.395 e. The normalized spacial score (nSPS) is 17.4. The summed E-state index contributed by atoms with van der Waals surface area (Å²) in [5.41, 5.74) is 7.64. The minimum absolute atomic E-state index is 0.0129. The van der Waals surface area contributed by atoms with Crippen molar-refractivity contribution in [3.05, 3.63) is 82.7 Å². The van der Waals surface area contributed by atoms with Gasteiger partial charge in [-0.25, -0.2) is 15.0 Å². The van der Waals surface area contributed by atoms with E-state index in [1.165, 1.54) is 11.6 Å². The molecule has 7 nitrogen and oxygen atoms in total. The number of piperidine rings is 1. The standard InChI is InChI=1S/C31H25F2N5O2/c1-3-19-4-6-20(7-5-19)23-14-24-25(15-23)34-17-35-30(24)38-12-10-21(11-13-38)29-36-18(2)28(37-29)22-8-9-26-27(16-22)40-31(32,33)39-26/h1,4-9,14,16-17,21H,10-13,15H2,2H3,(H,36,37). The zero-order chi connectivity index (χ0) is 27.4. The van der Waals surface area contributed by atoms with Gasteiger partial charge in [-0.05, 0) is 67.3 Å². The lowest BCUT2D eigenvalue weighted by Gasteiger charge is -2.32. The second kappa shape index (κ2) is 9.19. The molecule has 7 rings (SSSR count). The smallest absolute Gasteiger partial charge is 0.395 e. The molecule has 4 heterocycles. The number of allylic oxidation sites excluding steroid dienone is 1. The third-order valence-corrected chi connectivity index (χ3v) is 7.80. The quantitative estimate of drug-likeness (QED) is 0.324. The minimum atomic E-state index is -3.64. The molecule has 0 atom stereocenters. The molecule has 0 unspecified atom stereocenters. The molecule has 1 N–H and O–H groups in total. The molecule has 9 heteroatoms. The summed E-state index contributed by atoms with van der Waals surface area (Å²) in [6.07, 6.45) is 8.30. The highest BCUT2D eigenvalue weighted by Gasteiger charge is 2.43. The Hall–Kier alpha value is -4.71. The van der Waals surface area contributed by atoms with Crippen LogP contribution in [0, 0.1) is 19.3 Å². The third kappa shape index (κ3) is 4.26. The Labute approximate surface area is 229 Å². The first kappa shape index (κ1) is 24.3. The van der Waals surface area contributed by atoms with Crippen LogP contribution in [0.1, 0.15) is 52.7 Å². The van der Waals surface area contributed by atoms with Gasteiger partial charge in [0, 0.05) is 47.8 Å². The number of halogens is 2. The van der Waals surface area contributed by atoms with Gasteiger partial charge in [-0.2, -0.15) is 0 Å². The maximum absolute atomic E-state index is 13.5. The molecule has 0 saturated carbocycles. The molecule has 200 valence electrons. The van der Waals surface area contributed by atoms with E-state index in [1.807, 2.05) is 19.1 Å². The second-order valence-corrected chi connectivity index (χ2v) is 10.3. The molecule has 0 spiro atoms. The fraction of sp³-hybridized carbons (Fsp3) is 0.258. The lowest BCUT2D eigenvalue weighted by atomic mass is 9.96. The van der Waals surface area contributed by atoms with Gasteiger partial charge in [0.15, 0.2) is 11.5 Å². The highest BCUT2D eigenvalue weighted by atomic mass is 19.3. The zero-order valence-corrected chi connectivity index (χ0v) is 21.7. The fourth-order valence-electron chi connectivity index (χ4n) is 5.75. The highest BCUT2D eigenvalue weighted by Crippen LogP contribution is 2.43. The van der Waals surface area contributed by atoms with Crippen LogP contribution in [0.15, 0.2) is 48.8 Å². The Bertz CT molecular complexity index is 1700. The van der Waals surface area contributed by atoms with Crippen LogP contribution >= 0.6 is 0 Å². The third-order valence-electron chi connectivity index (χ3n) is 7.80. The number of hydrogen-bond donors (Lipinski definition) is 1. The average Bonchev–Trinajstić information content (AvgIpc) is 3.66. The Morgan fingerprint density at radius 3 is 2.55 bits per heavy atom. The van der Waals surface area contributed by atoms with Crippen molar-refractivity contribution in [1.29, 1.82) is 0 Å². The maximum atomic E-state index is 13.5. The van der Waals surface area contributed by atoms with Crippen molar-refractivity contribution in [2.75, 3.05) is 18.0 Å². The van der Waals surface area contributed by atoms with Gasteiger partial charge < -0.3 is 19.4 Å². The molecular weight excluding hydrogens is 512 g/mol. The largest absolute Gasteiger partial charge is 0.586 e. The molecule has 0 amide bonds. The molecule has 1 aliphatic carbocycles. The number of aromatic nitrogens is 4. The lowest BCUT2D eigenvalue weighted by molar-refractivity contribution is -0.286. The van der Waals surface area contributed by atoms with Gasteiger partial charge in [0.25, 0.3) is 0 Å². The molecule has 2 aliphatic heterocycles. The van der Waals surface area contributed by atoms with E-state index in [0.717, 1.165) is 77.8 Å². The zero-order valence-electron chi connectivity index (χ0n) is 21.7. The highest BCUT2D eigenvalue weighted by molar-refractivity contribution is 5.91. The van der Waals surface area contributed by atoms with Crippen molar-refractivity contribution in [2.45, 2.75) is 38.4 Å². The topological polar surface area (TPSA) is 76.2 Å². The van der Waals surface area contributed by atoms with Crippen molar-refractivity contribution in [2.24, 2.45) is 0 Å². The molecule has 0 bridgehead atoms. The second-order valence-electron chi connectivity index (χ2n) is 10.3. The first-order valence-electron chi connectivity index (χ1n) is 13.2. The summed E-state index contributed by atoms with van der Waals surface area (Å²) in [4.78, 5) is 19.9. The van der Waals surface area contributed by atoms with Gasteiger partial charge in [-0.1, -0.05) is 18.1 Å². The summed E-state index contributed by atoms with van der Waals surface area (Å²) in [5.74, 6) is 4.82. The molecule has 1 saturated heterocycles. The number of hydrogen-bond acceptors (Lipinski definition) is 6. The number of aromatic amines is 1. The van der Waals surface area contributed by atoms with Gasteiger partial charge in [0.1, 0.15) is 18.0 Å². The number of nitrogens with one attached hydrogen (secondary N) is 1. The number of rotatable bonds is 4. The molecular formula is C31H25F2N5O2. The Morgan fingerprint density at radius 2 is 1.77 bits per heavy atom. The molecule has 0 radical (unpaired) electrons. The van der Waals surface area contributed by atoms with Gasteiger partial charge in [0.2, 0.25) is 0 Å². The monoisotopic (exact) mass is 537 g/mol. The number of fused-ring (bicyclic) bond motifs is 2. The van der Waals surface area contributed by atoms with Crippen LogP contribution in [0.2, 0.25) is 0 Å². The van der Waals surface area contributed by atoms with E-state index in [1.54, 1.807) is 18.5 Å². The van der Waals surface area contributed by atoms with Crippen LogP contribution in [0.25, 0.3) is 22.9 Å². The van der Waals surface area contributed by atoms with E-state index in [-0.39, 0.29) is 17.4 Å². The molecule has 4 aromatic rings.